The Morgan fingerprint density at radius 2 is 2.00 bits per heavy atom. The van der Waals surface area contributed by atoms with Crippen molar-refractivity contribution >= 4 is 35.8 Å². The summed E-state index contributed by atoms with van der Waals surface area (Å²) in [5, 5.41) is 13.0. The van der Waals surface area contributed by atoms with Gasteiger partial charge >= 0.3 is 0 Å². The number of aromatic nitrogens is 2. The van der Waals surface area contributed by atoms with Gasteiger partial charge in [0.1, 0.15) is 0 Å². The van der Waals surface area contributed by atoms with Crippen LogP contribution in [0.3, 0.4) is 0 Å². The number of hydrogen-bond acceptors (Lipinski definition) is 5. The summed E-state index contributed by atoms with van der Waals surface area (Å²) < 4.78 is 5.75. The number of halogens is 2. The first-order valence-corrected chi connectivity index (χ1v) is 8.09. The zero-order chi connectivity index (χ0) is 13.8. The molecule has 7 heteroatoms. The lowest BCUT2D eigenvalue weighted by atomic mass is 9.98. The monoisotopic (exact) mass is 345 g/mol. The number of rotatable bonds is 4. The van der Waals surface area contributed by atoms with Gasteiger partial charge in [-0.2, -0.15) is 0 Å². The topological polar surface area (TPSA) is 51.0 Å². The fraction of sp³-hybridized carbons (Fsp3) is 0.429. The van der Waals surface area contributed by atoms with Gasteiger partial charge in [-0.15, -0.1) is 22.6 Å². The Morgan fingerprint density at radius 1 is 1.24 bits per heavy atom. The molecule has 1 aliphatic rings. The minimum absolute atomic E-state index is 0. The maximum Gasteiger partial charge on any atom is 0.276 e. The van der Waals surface area contributed by atoms with Gasteiger partial charge in [0.05, 0.1) is 0 Å². The third-order valence-corrected chi connectivity index (χ3v) is 4.66. The van der Waals surface area contributed by atoms with Crippen LogP contribution >= 0.6 is 35.8 Å². The van der Waals surface area contributed by atoms with Crippen LogP contribution in [0.2, 0.25) is 5.02 Å². The van der Waals surface area contributed by atoms with Crippen LogP contribution in [-0.2, 0) is 5.75 Å². The standard InChI is InChI=1S/C14H16ClN3OS.ClH/c15-12-4-2-1-3-11(12)9-20-14-18-17-13(19-14)10-5-7-16-8-6-10;/h1-4,10,16H,5-9H2;1H. The number of nitrogens with one attached hydrogen (secondary N) is 1. The highest BCUT2D eigenvalue weighted by atomic mass is 35.5. The number of hydrogen-bond donors (Lipinski definition) is 1. The highest BCUT2D eigenvalue weighted by Gasteiger charge is 2.21. The normalized spacial score (nSPS) is 15.7. The average Bonchev–Trinajstić information content (AvgIpc) is 2.96. The van der Waals surface area contributed by atoms with E-state index in [1.165, 1.54) is 11.8 Å². The van der Waals surface area contributed by atoms with E-state index in [1.54, 1.807) is 0 Å². The third kappa shape index (κ3) is 4.36. The molecule has 1 N–H and O–H groups in total. The molecule has 0 amide bonds. The second-order valence-corrected chi connectivity index (χ2v) is 6.14. The number of benzene rings is 1. The molecular weight excluding hydrogens is 329 g/mol. The molecule has 0 aliphatic carbocycles. The Morgan fingerprint density at radius 3 is 2.76 bits per heavy atom. The molecule has 1 aromatic carbocycles. The highest BCUT2D eigenvalue weighted by molar-refractivity contribution is 7.98. The van der Waals surface area contributed by atoms with E-state index in [4.69, 9.17) is 16.0 Å². The number of piperidine rings is 1. The summed E-state index contributed by atoms with van der Waals surface area (Å²) in [6.45, 7) is 2.05. The second-order valence-electron chi connectivity index (χ2n) is 4.81. The summed E-state index contributed by atoms with van der Waals surface area (Å²) in [6, 6.07) is 7.82. The van der Waals surface area contributed by atoms with Crippen LogP contribution < -0.4 is 5.32 Å². The van der Waals surface area contributed by atoms with Crippen molar-refractivity contribution in [3.05, 3.63) is 40.7 Å². The summed E-state index contributed by atoms with van der Waals surface area (Å²) in [5.41, 5.74) is 1.08. The van der Waals surface area contributed by atoms with Crippen molar-refractivity contribution in [1.29, 1.82) is 0 Å². The van der Waals surface area contributed by atoms with E-state index >= 15 is 0 Å². The molecule has 1 aliphatic heterocycles. The molecule has 1 saturated heterocycles. The van der Waals surface area contributed by atoms with Crippen molar-refractivity contribution in [3.8, 4) is 0 Å². The fourth-order valence-electron chi connectivity index (χ4n) is 2.27. The van der Waals surface area contributed by atoms with Crippen molar-refractivity contribution in [3.63, 3.8) is 0 Å². The van der Waals surface area contributed by atoms with Crippen molar-refractivity contribution in [2.75, 3.05) is 13.1 Å². The summed E-state index contributed by atoms with van der Waals surface area (Å²) in [5.74, 6) is 1.92. The highest BCUT2D eigenvalue weighted by Crippen LogP contribution is 2.29. The second kappa shape index (κ2) is 8.03. The summed E-state index contributed by atoms with van der Waals surface area (Å²) in [6.07, 6.45) is 2.13. The van der Waals surface area contributed by atoms with Gasteiger partial charge < -0.3 is 9.73 Å². The summed E-state index contributed by atoms with van der Waals surface area (Å²) in [7, 11) is 0. The van der Waals surface area contributed by atoms with Gasteiger partial charge in [-0.3, -0.25) is 0 Å². The van der Waals surface area contributed by atoms with Gasteiger partial charge in [0.2, 0.25) is 5.89 Å². The smallest absolute Gasteiger partial charge is 0.276 e. The SMILES string of the molecule is Cl.Clc1ccccc1CSc1nnc(C2CCNCC2)o1. The molecule has 0 atom stereocenters. The summed E-state index contributed by atoms with van der Waals surface area (Å²) in [4.78, 5) is 0. The quantitative estimate of drug-likeness (QED) is 0.851. The Kier molecular flexibility index (Phi) is 6.36. The molecule has 0 unspecified atom stereocenters. The van der Waals surface area contributed by atoms with Crippen molar-refractivity contribution in [2.24, 2.45) is 0 Å². The van der Waals surface area contributed by atoms with Crippen LogP contribution in [0.25, 0.3) is 0 Å². The predicted molar refractivity (Wildman–Crippen MR) is 87.4 cm³/mol. The van der Waals surface area contributed by atoms with E-state index in [0.717, 1.165) is 48.2 Å². The zero-order valence-electron chi connectivity index (χ0n) is 11.4. The maximum absolute atomic E-state index is 6.13. The predicted octanol–water partition coefficient (Wildman–Crippen LogP) is 3.90. The average molecular weight is 346 g/mol. The number of thioether (sulfide) groups is 1. The molecule has 1 aromatic heterocycles. The molecule has 2 aromatic rings. The molecule has 4 nitrogen and oxygen atoms in total. The molecule has 0 spiro atoms. The third-order valence-electron chi connectivity index (χ3n) is 3.42. The van der Waals surface area contributed by atoms with Gasteiger partial charge in [0.15, 0.2) is 0 Å². The Hall–Kier alpha value is -0.750. The summed E-state index contributed by atoms with van der Waals surface area (Å²) >= 11 is 7.66. The van der Waals surface area contributed by atoms with E-state index < -0.39 is 0 Å². The van der Waals surface area contributed by atoms with Crippen LogP contribution in [0.5, 0.6) is 0 Å². The number of nitrogens with zero attached hydrogens (tertiary/aromatic N) is 2. The van der Waals surface area contributed by atoms with Crippen molar-refractivity contribution < 1.29 is 4.42 Å². The first-order valence-electron chi connectivity index (χ1n) is 6.73. The van der Waals surface area contributed by atoms with E-state index in [9.17, 15) is 0 Å². The minimum Gasteiger partial charge on any atom is -0.416 e. The minimum atomic E-state index is 0. The van der Waals surface area contributed by atoms with Crippen LogP contribution in [0.4, 0.5) is 0 Å². The Balaban J connectivity index is 0.00000161. The van der Waals surface area contributed by atoms with Gasteiger partial charge in [-0.05, 0) is 37.6 Å². The Labute approximate surface area is 139 Å². The van der Waals surface area contributed by atoms with Gasteiger partial charge in [0.25, 0.3) is 5.22 Å². The van der Waals surface area contributed by atoms with Crippen LogP contribution in [0.1, 0.15) is 30.2 Å². The van der Waals surface area contributed by atoms with E-state index in [1.807, 2.05) is 24.3 Å². The zero-order valence-corrected chi connectivity index (χ0v) is 13.8. The molecule has 21 heavy (non-hydrogen) atoms. The molecule has 0 bridgehead atoms. The van der Waals surface area contributed by atoms with Crippen molar-refractivity contribution in [2.45, 2.75) is 29.7 Å². The van der Waals surface area contributed by atoms with Crippen molar-refractivity contribution in [1.82, 2.24) is 15.5 Å². The molecule has 0 radical (unpaired) electrons. The largest absolute Gasteiger partial charge is 0.416 e. The van der Waals surface area contributed by atoms with Gasteiger partial charge in [-0.1, -0.05) is 41.6 Å². The van der Waals surface area contributed by atoms with E-state index in [2.05, 4.69) is 15.5 Å². The van der Waals surface area contributed by atoms with E-state index in [-0.39, 0.29) is 12.4 Å². The molecule has 114 valence electrons. The van der Waals surface area contributed by atoms with Gasteiger partial charge in [0, 0.05) is 16.7 Å². The molecule has 1 fully saturated rings. The van der Waals surface area contributed by atoms with Gasteiger partial charge in [-0.25, -0.2) is 0 Å². The fourth-order valence-corrected chi connectivity index (χ4v) is 3.32. The van der Waals surface area contributed by atoms with Crippen LogP contribution in [-0.4, -0.2) is 23.3 Å². The lowest BCUT2D eigenvalue weighted by molar-refractivity contribution is 0.342. The van der Waals surface area contributed by atoms with E-state index in [0.29, 0.717) is 11.1 Å². The Bertz CT molecular complexity index is 573. The van der Waals surface area contributed by atoms with Crippen LogP contribution in [0.15, 0.2) is 33.9 Å². The molecular formula is C14H17Cl2N3OS. The van der Waals surface area contributed by atoms with Crippen LogP contribution in [0, 0.1) is 0 Å². The molecule has 3 rings (SSSR count). The molecule has 0 saturated carbocycles. The molecule has 2 heterocycles. The first kappa shape index (κ1) is 16.6. The lowest BCUT2D eigenvalue weighted by Crippen LogP contribution is -2.26. The maximum atomic E-state index is 6.13. The first-order chi connectivity index (χ1) is 9.83. The lowest BCUT2D eigenvalue weighted by Gasteiger charge is -2.18.